The summed E-state index contributed by atoms with van der Waals surface area (Å²) < 4.78 is 1.26. The first-order valence-electron chi connectivity index (χ1n) is 7.72. The predicted octanol–water partition coefficient (Wildman–Crippen LogP) is 1.69. The van der Waals surface area contributed by atoms with Crippen molar-refractivity contribution >= 4 is 28.5 Å². The van der Waals surface area contributed by atoms with Gasteiger partial charge in [-0.3, -0.25) is 9.69 Å². The quantitative estimate of drug-likeness (QED) is 0.786. The molecular weight excluding hydrogens is 377 g/mol. The summed E-state index contributed by atoms with van der Waals surface area (Å²) in [6.45, 7) is 5.48. The fraction of sp³-hybridized carbons (Fsp3) is 0.562. The number of hydrogen-bond acceptors (Lipinski definition) is 3. The molecule has 4 nitrogen and oxygen atoms in total. The van der Waals surface area contributed by atoms with Crippen molar-refractivity contribution in [1.29, 1.82) is 0 Å². The summed E-state index contributed by atoms with van der Waals surface area (Å²) in [5.74, 6) is 0.333. The Morgan fingerprint density at radius 2 is 1.90 bits per heavy atom. The van der Waals surface area contributed by atoms with Crippen molar-refractivity contribution in [3.8, 4) is 0 Å². The van der Waals surface area contributed by atoms with E-state index in [1.807, 2.05) is 4.90 Å². The molecule has 0 saturated carbocycles. The van der Waals surface area contributed by atoms with Crippen molar-refractivity contribution in [2.24, 2.45) is 0 Å². The van der Waals surface area contributed by atoms with Gasteiger partial charge in [0, 0.05) is 36.3 Å². The summed E-state index contributed by atoms with van der Waals surface area (Å²) in [5.41, 5.74) is 1.30. The van der Waals surface area contributed by atoms with Gasteiger partial charge in [-0.15, -0.1) is 0 Å². The number of carbonyl (C=O) groups excluding carboxylic acids is 1. The molecule has 3 rings (SSSR count). The molecule has 0 spiro atoms. The van der Waals surface area contributed by atoms with Crippen LogP contribution in [0, 0.1) is 3.57 Å². The monoisotopic (exact) mass is 399 g/mol. The van der Waals surface area contributed by atoms with Gasteiger partial charge in [-0.25, -0.2) is 0 Å². The molecule has 2 heterocycles. The number of rotatable bonds is 3. The van der Waals surface area contributed by atoms with E-state index >= 15 is 0 Å². The Balaban J connectivity index is 1.64. The molecule has 2 fully saturated rings. The maximum Gasteiger partial charge on any atom is 0.240 e. The van der Waals surface area contributed by atoms with E-state index in [9.17, 15) is 4.79 Å². The Morgan fingerprint density at radius 3 is 2.62 bits per heavy atom. The number of amides is 1. The molecular formula is C16H22IN3O. The lowest BCUT2D eigenvalue weighted by Crippen LogP contribution is -2.52. The fourth-order valence-electron chi connectivity index (χ4n) is 3.22. The fourth-order valence-corrected chi connectivity index (χ4v) is 3.57. The molecule has 2 aliphatic rings. The van der Waals surface area contributed by atoms with E-state index < -0.39 is 0 Å². The molecule has 0 bridgehead atoms. The summed E-state index contributed by atoms with van der Waals surface area (Å²) in [7, 11) is 0. The normalized spacial score (nSPS) is 23.5. The predicted molar refractivity (Wildman–Crippen MR) is 92.0 cm³/mol. The van der Waals surface area contributed by atoms with Gasteiger partial charge in [0.05, 0.1) is 6.04 Å². The molecule has 0 aliphatic carbocycles. The average Bonchev–Trinajstić information content (AvgIpc) is 2.98. The van der Waals surface area contributed by atoms with Crippen LogP contribution in [0.25, 0.3) is 0 Å². The van der Waals surface area contributed by atoms with E-state index in [1.165, 1.54) is 9.13 Å². The molecule has 21 heavy (non-hydrogen) atoms. The first-order chi connectivity index (χ1) is 10.2. The van der Waals surface area contributed by atoms with Gasteiger partial charge in [-0.1, -0.05) is 12.1 Å². The molecule has 2 aliphatic heterocycles. The number of hydrogen-bond donors (Lipinski definition) is 1. The summed E-state index contributed by atoms with van der Waals surface area (Å²) in [5, 5.41) is 3.31. The minimum Gasteiger partial charge on any atom is -0.339 e. The zero-order chi connectivity index (χ0) is 14.7. The highest BCUT2D eigenvalue weighted by atomic mass is 127. The van der Waals surface area contributed by atoms with E-state index in [4.69, 9.17) is 0 Å². The lowest BCUT2D eigenvalue weighted by Gasteiger charge is -2.33. The standard InChI is InChI=1S/C16H22IN3O/c17-14-5-3-13(4-6-14)12-20-9-1-2-15(20)16(21)19-10-7-18-8-11-19/h3-6,15,18H,1-2,7-12H2. The molecule has 1 amide bonds. The van der Waals surface area contributed by atoms with Crippen molar-refractivity contribution in [2.45, 2.75) is 25.4 Å². The van der Waals surface area contributed by atoms with Crippen LogP contribution in [0.1, 0.15) is 18.4 Å². The van der Waals surface area contributed by atoms with Crippen molar-refractivity contribution < 1.29 is 4.79 Å². The largest absolute Gasteiger partial charge is 0.339 e. The molecule has 1 unspecified atom stereocenters. The molecule has 0 aromatic heterocycles. The second kappa shape index (κ2) is 7.07. The Morgan fingerprint density at radius 1 is 1.19 bits per heavy atom. The third-order valence-corrected chi connectivity index (χ3v) is 5.10. The molecule has 1 N–H and O–H groups in total. The summed E-state index contributed by atoms with van der Waals surface area (Å²) in [6.07, 6.45) is 2.14. The Bertz CT molecular complexity index is 485. The number of likely N-dealkylation sites (tertiary alicyclic amines) is 1. The smallest absolute Gasteiger partial charge is 0.240 e. The van der Waals surface area contributed by atoms with Crippen LogP contribution in [0.5, 0.6) is 0 Å². The third-order valence-electron chi connectivity index (χ3n) is 4.38. The molecule has 114 valence electrons. The molecule has 0 radical (unpaired) electrons. The lowest BCUT2D eigenvalue weighted by atomic mass is 10.1. The van der Waals surface area contributed by atoms with Gasteiger partial charge in [-0.05, 0) is 59.7 Å². The van der Waals surface area contributed by atoms with Crippen LogP contribution in [-0.4, -0.2) is 54.5 Å². The number of nitrogens with one attached hydrogen (secondary N) is 1. The van der Waals surface area contributed by atoms with Crippen LogP contribution >= 0.6 is 22.6 Å². The Labute approximate surface area is 140 Å². The van der Waals surface area contributed by atoms with Crippen LogP contribution in [0.3, 0.4) is 0 Å². The number of nitrogens with zero attached hydrogens (tertiary/aromatic N) is 2. The number of carbonyl (C=O) groups is 1. The van der Waals surface area contributed by atoms with Crippen LogP contribution in [-0.2, 0) is 11.3 Å². The minimum atomic E-state index is 0.0855. The first-order valence-corrected chi connectivity index (χ1v) is 8.80. The second-order valence-electron chi connectivity index (χ2n) is 5.83. The van der Waals surface area contributed by atoms with E-state index in [-0.39, 0.29) is 6.04 Å². The molecule has 2 saturated heterocycles. The zero-order valence-electron chi connectivity index (χ0n) is 12.2. The molecule has 5 heteroatoms. The third kappa shape index (κ3) is 3.76. The van der Waals surface area contributed by atoms with E-state index in [0.717, 1.165) is 52.1 Å². The van der Waals surface area contributed by atoms with Crippen molar-refractivity contribution in [1.82, 2.24) is 15.1 Å². The maximum atomic E-state index is 12.7. The highest BCUT2D eigenvalue weighted by molar-refractivity contribution is 14.1. The Hall–Kier alpha value is -0.660. The van der Waals surface area contributed by atoms with E-state index in [0.29, 0.717) is 5.91 Å². The number of piperazine rings is 1. The van der Waals surface area contributed by atoms with Gasteiger partial charge in [0.1, 0.15) is 0 Å². The van der Waals surface area contributed by atoms with Gasteiger partial charge in [0.2, 0.25) is 5.91 Å². The average molecular weight is 399 g/mol. The molecule has 1 aromatic rings. The number of benzene rings is 1. The number of halogens is 1. The van der Waals surface area contributed by atoms with Gasteiger partial charge in [-0.2, -0.15) is 0 Å². The topological polar surface area (TPSA) is 35.6 Å². The highest BCUT2D eigenvalue weighted by Gasteiger charge is 2.33. The summed E-state index contributed by atoms with van der Waals surface area (Å²) in [6, 6.07) is 8.71. The zero-order valence-corrected chi connectivity index (χ0v) is 14.4. The van der Waals surface area contributed by atoms with Crippen LogP contribution < -0.4 is 5.32 Å². The van der Waals surface area contributed by atoms with Gasteiger partial charge in [0.15, 0.2) is 0 Å². The highest BCUT2D eigenvalue weighted by Crippen LogP contribution is 2.22. The minimum absolute atomic E-state index is 0.0855. The second-order valence-corrected chi connectivity index (χ2v) is 7.08. The maximum absolute atomic E-state index is 12.7. The molecule has 1 atom stereocenters. The van der Waals surface area contributed by atoms with E-state index in [1.54, 1.807) is 0 Å². The summed E-state index contributed by atoms with van der Waals surface area (Å²) >= 11 is 2.32. The van der Waals surface area contributed by atoms with Gasteiger partial charge in [0.25, 0.3) is 0 Å². The van der Waals surface area contributed by atoms with Crippen LogP contribution in [0.15, 0.2) is 24.3 Å². The van der Waals surface area contributed by atoms with Crippen molar-refractivity contribution in [2.75, 3.05) is 32.7 Å². The summed E-state index contributed by atoms with van der Waals surface area (Å²) in [4.78, 5) is 17.1. The van der Waals surface area contributed by atoms with Gasteiger partial charge >= 0.3 is 0 Å². The van der Waals surface area contributed by atoms with Crippen molar-refractivity contribution in [3.63, 3.8) is 0 Å². The van der Waals surface area contributed by atoms with Crippen molar-refractivity contribution in [3.05, 3.63) is 33.4 Å². The lowest BCUT2D eigenvalue weighted by molar-refractivity contribution is -0.136. The first kappa shape index (κ1) is 15.2. The van der Waals surface area contributed by atoms with Crippen LogP contribution in [0.2, 0.25) is 0 Å². The van der Waals surface area contributed by atoms with Crippen LogP contribution in [0.4, 0.5) is 0 Å². The van der Waals surface area contributed by atoms with E-state index in [2.05, 4.69) is 57.1 Å². The SMILES string of the molecule is O=C(C1CCCN1Cc1ccc(I)cc1)N1CCNCC1. The Kier molecular flexibility index (Phi) is 5.13. The van der Waals surface area contributed by atoms with Gasteiger partial charge < -0.3 is 10.2 Å². The molecule has 1 aromatic carbocycles.